The molecule has 3 N–H and O–H groups in total. The standard InChI is InChI=1S/C20H32FN7O3/c1-14-22-18(17(21)19(23-14)27-9-7-26(2)8-10-27)24-25-20(30)16(12-28(31)13-29)11-15-5-3-4-6-15/h13,15-16,31H,3-12H2,1-2H3,(H,25,30)(H,22,23,24)/t16-/m1/s1. The fraction of sp³-hybridized carbons (Fsp3) is 0.700. The molecule has 2 amide bonds. The summed E-state index contributed by atoms with van der Waals surface area (Å²) in [5.41, 5.74) is 5.10. The van der Waals surface area contributed by atoms with Crippen LogP contribution in [0.15, 0.2) is 0 Å². The zero-order valence-electron chi connectivity index (χ0n) is 18.2. The summed E-state index contributed by atoms with van der Waals surface area (Å²) in [6.45, 7) is 4.46. The number of anilines is 2. The summed E-state index contributed by atoms with van der Waals surface area (Å²) >= 11 is 0. The molecule has 1 saturated carbocycles. The Morgan fingerprint density at radius 1 is 1.29 bits per heavy atom. The van der Waals surface area contributed by atoms with Gasteiger partial charge in [0.25, 0.3) is 0 Å². The van der Waals surface area contributed by atoms with Crippen molar-refractivity contribution in [3.8, 4) is 0 Å². The highest BCUT2D eigenvalue weighted by Gasteiger charge is 2.28. The number of hydrogen-bond acceptors (Lipinski definition) is 8. The molecule has 3 rings (SSSR count). The lowest BCUT2D eigenvalue weighted by atomic mass is 9.92. The monoisotopic (exact) mass is 437 g/mol. The first kappa shape index (κ1) is 23.1. The maximum absolute atomic E-state index is 15.1. The van der Waals surface area contributed by atoms with E-state index in [9.17, 15) is 14.8 Å². The minimum absolute atomic E-state index is 0.106. The van der Waals surface area contributed by atoms with Gasteiger partial charge in [-0.2, -0.15) is 4.39 Å². The van der Waals surface area contributed by atoms with Gasteiger partial charge < -0.3 is 9.80 Å². The number of likely N-dealkylation sites (N-methyl/N-ethyl adjacent to an activating group) is 1. The van der Waals surface area contributed by atoms with Crippen LogP contribution in [0, 0.1) is 24.6 Å². The molecule has 2 heterocycles. The Bertz CT molecular complexity index is 767. The first-order chi connectivity index (χ1) is 14.9. The SMILES string of the molecule is Cc1nc(NNC(=O)[C@H](CC2CCCC2)CN(O)C=O)c(F)c(N2CCN(C)CC2)n1. The van der Waals surface area contributed by atoms with Gasteiger partial charge in [-0.05, 0) is 26.3 Å². The van der Waals surface area contributed by atoms with Crippen LogP contribution in [0.4, 0.5) is 16.0 Å². The highest BCUT2D eigenvalue weighted by atomic mass is 19.1. The number of rotatable bonds is 9. The Morgan fingerprint density at radius 2 is 1.97 bits per heavy atom. The summed E-state index contributed by atoms with van der Waals surface area (Å²) in [4.78, 5) is 36.0. The first-order valence-corrected chi connectivity index (χ1v) is 10.8. The second-order valence-electron chi connectivity index (χ2n) is 8.47. The summed E-state index contributed by atoms with van der Waals surface area (Å²) < 4.78 is 15.1. The predicted molar refractivity (Wildman–Crippen MR) is 113 cm³/mol. The van der Waals surface area contributed by atoms with Crippen LogP contribution < -0.4 is 15.8 Å². The van der Waals surface area contributed by atoms with Gasteiger partial charge in [0.05, 0.1) is 12.5 Å². The van der Waals surface area contributed by atoms with Gasteiger partial charge in [-0.15, -0.1) is 0 Å². The number of carbonyl (C=O) groups is 2. The summed E-state index contributed by atoms with van der Waals surface area (Å²) in [7, 11) is 2.02. The van der Waals surface area contributed by atoms with Gasteiger partial charge in [0.2, 0.25) is 18.1 Å². The molecule has 1 aliphatic heterocycles. The van der Waals surface area contributed by atoms with E-state index in [4.69, 9.17) is 0 Å². The van der Waals surface area contributed by atoms with Gasteiger partial charge in [0.1, 0.15) is 5.82 Å². The summed E-state index contributed by atoms with van der Waals surface area (Å²) in [5, 5.41) is 10.1. The van der Waals surface area contributed by atoms with E-state index in [-0.39, 0.29) is 24.6 Å². The maximum atomic E-state index is 15.1. The lowest BCUT2D eigenvalue weighted by Gasteiger charge is -2.33. The molecule has 0 bridgehead atoms. The molecule has 2 aliphatic rings. The Morgan fingerprint density at radius 3 is 2.61 bits per heavy atom. The summed E-state index contributed by atoms with van der Waals surface area (Å²) in [6.07, 6.45) is 5.12. The number of hydroxylamine groups is 2. The molecule has 10 nitrogen and oxygen atoms in total. The topological polar surface area (TPSA) is 114 Å². The zero-order chi connectivity index (χ0) is 22.4. The molecule has 1 atom stereocenters. The van der Waals surface area contributed by atoms with Crippen LogP contribution in [-0.2, 0) is 9.59 Å². The highest BCUT2D eigenvalue weighted by Crippen LogP contribution is 2.30. The number of hydrazine groups is 1. The normalized spacial score (nSPS) is 18.6. The average Bonchev–Trinajstić information content (AvgIpc) is 3.27. The Kier molecular flexibility index (Phi) is 7.97. The molecular weight excluding hydrogens is 405 g/mol. The van der Waals surface area contributed by atoms with Crippen LogP contribution in [0.3, 0.4) is 0 Å². The predicted octanol–water partition coefficient (Wildman–Crippen LogP) is 1.16. The van der Waals surface area contributed by atoms with E-state index in [1.165, 1.54) is 0 Å². The minimum atomic E-state index is -0.625. The van der Waals surface area contributed by atoms with Gasteiger partial charge in [-0.25, -0.2) is 15.0 Å². The van der Waals surface area contributed by atoms with E-state index in [2.05, 4.69) is 25.7 Å². The van der Waals surface area contributed by atoms with Gasteiger partial charge in [0.15, 0.2) is 11.6 Å². The van der Waals surface area contributed by atoms with Crippen LogP contribution in [0.5, 0.6) is 0 Å². The van der Waals surface area contributed by atoms with Crippen LogP contribution in [-0.4, -0.2) is 77.2 Å². The van der Waals surface area contributed by atoms with Crippen molar-refractivity contribution in [3.63, 3.8) is 0 Å². The van der Waals surface area contributed by atoms with Gasteiger partial charge in [-0.3, -0.25) is 25.6 Å². The Labute approximate surface area is 181 Å². The molecule has 1 aromatic rings. The van der Waals surface area contributed by atoms with E-state index < -0.39 is 17.6 Å². The number of piperazine rings is 1. The van der Waals surface area contributed by atoms with Gasteiger partial charge in [-0.1, -0.05) is 25.7 Å². The third-order valence-electron chi connectivity index (χ3n) is 6.04. The highest BCUT2D eigenvalue weighted by molar-refractivity contribution is 5.80. The average molecular weight is 438 g/mol. The maximum Gasteiger partial charge on any atom is 0.243 e. The van der Waals surface area contributed by atoms with Gasteiger partial charge >= 0.3 is 0 Å². The third-order valence-corrected chi connectivity index (χ3v) is 6.04. The fourth-order valence-electron chi connectivity index (χ4n) is 4.26. The number of nitrogens with one attached hydrogen (secondary N) is 2. The molecule has 0 unspecified atom stereocenters. The summed E-state index contributed by atoms with van der Waals surface area (Å²) in [6, 6.07) is 0. The second kappa shape index (κ2) is 10.7. The number of aromatic nitrogens is 2. The zero-order valence-corrected chi connectivity index (χ0v) is 18.2. The third kappa shape index (κ3) is 6.23. The lowest BCUT2D eigenvalue weighted by molar-refractivity contribution is -0.154. The van der Waals surface area contributed by atoms with E-state index in [1.54, 1.807) is 6.92 Å². The van der Waals surface area contributed by atoms with Crippen LogP contribution in [0.1, 0.15) is 37.9 Å². The molecule has 11 heteroatoms. The number of nitrogens with zero attached hydrogens (tertiary/aromatic N) is 5. The number of amides is 2. The van der Waals surface area contributed by atoms with Crippen molar-refractivity contribution in [2.45, 2.75) is 39.0 Å². The smallest absolute Gasteiger partial charge is 0.243 e. The van der Waals surface area contributed by atoms with Gasteiger partial charge in [0, 0.05) is 26.2 Å². The largest absolute Gasteiger partial charge is 0.351 e. The van der Waals surface area contributed by atoms with Crippen molar-refractivity contribution in [1.82, 2.24) is 25.4 Å². The molecule has 2 fully saturated rings. The van der Waals surface area contributed by atoms with Crippen LogP contribution in [0.2, 0.25) is 0 Å². The van der Waals surface area contributed by atoms with E-state index in [0.717, 1.165) is 38.8 Å². The molecule has 0 spiro atoms. The quantitative estimate of drug-likeness (QED) is 0.300. The summed E-state index contributed by atoms with van der Waals surface area (Å²) in [5.74, 6) is -0.805. The van der Waals surface area contributed by atoms with Crippen molar-refractivity contribution < 1.29 is 19.2 Å². The molecule has 1 aliphatic carbocycles. The van der Waals surface area contributed by atoms with E-state index >= 15 is 4.39 Å². The Hall–Kier alpha value is -2.53. The molecular formula is C20H32FN7O3. The number of halogens is 1. The van der Waals surface area contributed by atoms with Crippen molar-refractivity contribution in [3.05, 3.63) is 11.6 Å². The minimum Gasteiger partial charge on any atom is -0.351 e. The molecule has 0 radical (unpaired) electrons. The van der Waals surface area contributed by atoms with Crippen molar-refractivity contribution in [2.75, 3.05) is 50.1 Å². The van der Waals surface area contributed by atoms with Crippen molar-refractivity contribution in [2.24, 2.45) is 11.8 Å². The van der Waals surface area contributed by atoms with Crippen LogP contribution in [0.25, 0.3) is 0 Å². The molecule has 1 aromatic heterocycles. The first-order valence-electron chi connectivity index (χ1n) is 10.8. The van der Waals surface area contributed by atoms with E-state index in [0.29, 0.717) is 36.3 Å². The molecule has 1 saturated heterocycles. The van der Waals surface area contributed by atoms with E-state index in [1.807, 2.05) is 11.9 Å². The Balaban J connectivity index is 1.67. The number of carbonyl (C=O) groups excluding carboxylic acids is 2. The molecule has 172 valence electrons. The second-order valence-corrected chi connectivity index (χ2v) is 8.47. The number of aryl methyl sites for hydroxylation is 1. The molecule has 31 heavy (non-hydrogen) atoms. The molecule has 0 aromatic carbocycles. The lowest BCUT2D eigenvalue weighted by Crippen LogP contribution is -2.45. The van der Waals surface area contributed by atoms with Crippen molar-refractivity contribution >= 4 is 24.0 Å². The number of hydrogen-bond donors (Lipinski definition) is 3. The van der Waals surface area contributed by atoms with Crippen molar-refractivity contribution in [1.29, 1.82) is 0 Å². The fourth-order valence-corrected chi connectivity index (χ4v) is 4.26. The van der Waals surface area contributed by atoms with Crippen LogP contribution >= 0.6 is 0 Å².